The predicted molar refractivity (Wildman–Crippen MR) is 140 cm³/mol. The highest BCUT2D eigenvalue weighted by Gasteiger charge is 2.28. The second-order valence-corrected chi connectivity index (χ2v) is 9.33. The Balaban J connectivity index is 1.51. The molecular weight excluding hydrogens is 439 g/mol. The minimum atomic E-state index is -0.238. The monoisotopic (exact) mass is 474 g/mol. The topological polar surface area (TPSA) is 62.9 Å². The highest BCUT2D eigenvalue weighted by Crippen LogP contribution is 2.27. The standard InChI is InChI=1S/C29H35FN4O/c1-21(2)35-27-14-10-22(11-15-27)19-33-29(31)34(20-23-8-12-25(30)13-9-23)26-16-17-32-28(18-26)24-6-4-3-5-7-24/h3-15,21,26,28,32H,16-20H2,1-2H3,(H2,31,33)/t26-,28+/m0/s1. The van der Waals surface area contributed by atoms with E-state index in [9.17, 15) is 4.39 Å². The zero-order valence-electron chi connectivity index (χ0n) is 20.5. The van der Waals surface area contributed by atoms with E-state index in [1.807, 2.05) is 56.3 Å². The van der Waals surface area contributed by atoms with E-state index in [1.165, 1.54) is 17.7 Å². The Labute approximate surface area is 207 Å². The molecule has 3 N–H and O–H groups in total. The van der Waals surface area contributed by atoms with E-state index < -0.39 is 0 Å². The average molecular weight is 475 g/mol. The number of guanidine groups is 1. The van der Waals surface area contributed by atoms with E-state index in [2.05, 4.69) is 34.5 Å². The molecule has 184 valence electrons. The van der Waals surface area contributed by atoms with Gasteiger partial charge in [-0.05, 0) is 74.2 Å². The van der Waals surface area contributed by atoms with Gasteiger partial charge in [-0.25, -0.2) is 9.38 Å². The fourth-order valence-electron chi connectivity index (χ4n) is 4.51. The molecule has 35 heavy (non-hydrogen) atoms. The molecule has 0 aromatic heterocycles. The van der Waals surface area contributed by atoms with Crippen LogP contribution in [0.3, 0.4) is 0 Å². The van der Waals surface area contributed by atoms with Crippen LogP contribution >= 0.6 is 0 Å². The Kier molecular flexibility index (Phi) is 8.37. The molecule has 0 saturated carbocycles. The first-order chi connectivity index (χ1) is 17.0. The van der Waals surface area contributed by atoms with Crippen molar-refractivity contribution in [1.82, 2.24) is 10.2 Å². The summed E-state index contributed by atoms with van der Waals surface area (Å²) >= 11 is 0. The third-order valence-electron chi connectivity index (χ3n) is 6.30. The molecule has 0 unspecified atom stereocenters. The van der Waals surface area contributed by atoms with Crippen LogP contribution in [-0.2, 0) is 13.1 Å². The minimum absolute atomic E-state index is 0.138. The molecule has 0 spiro atoms. The smallest absolute Gasteiger partial charge is 0.192 e. The van der Waals surface area contributed by atoms with Crippen molar-refractivity contribution in [2.24, 2.45) is 10.7 Å². The molecule has 3 aromatic rings. The van der Waals surface area contributed by atoms with Gasteiger partial charge in [0.2, 0.25) is 0 Å². The molecule has 1 fully saturated rings. The zero-order valence-corrected chi connectivity index (χ0v) is 20.5. The third kappa shape index (κ3) is 7.06. The number of hydrogen-bond acceptors (Lipinski definition) is 3. The Bertz CT molecular complexity index is 1080. The highest BCUT2D eigenvalue weighted by atomic mass is 19.1. The number of ether oxygens (including phenoxy) is 1. The van der Waals surface area contributed by atoms with Gasteiger partial charge in [0.15, 0.2) is 5.96 Å². The van der Waals surface area contributed by atoms with E-state index in [0.29, 0.717) is 19.0 Å². The lowest BCUT2D eigenvalue weighted by atomic mass is 9.92. The van der Waals surface area contributed by atoms with E-state index in [1.54, 1.807) is 0 Å². The normalized spacial score (nSPS) is 18.5. The van der Waals surface area contributed by atoms with Crippen LogP contribution in [0.1, 0.15) is 49.4 Å². The van der Waals surface area contributed by atoms with Crippen LogP contribution in [0.15, 0.2) is 83.9 Å². The van der Waals surface area contributed by atoms with Gasteiger partial charge in [-0.3, -0.25) is 0 Å². The van der Waals surface area contributed by atoms with Crippen LogP contribution in [0, 0.1) is 5.82 Å². The summed E-state index contributed by atoms with van der Waals surface area (Å²) in [5, 5.41) is 3.64. The highest BCUT2D eigenvalue weighted by molar-refractivity contribution is 5.78. The molecule has 1 saturated heterocycles. The van der Waals surface area contributed by atoms with Crippen molar-refractivity contribution in [2.75, 3.05) is 6.54 Å². The van der Waals surface area contributed by atoms with Crippen LogP contribution in [0.2, 0.25) is 0 Å². The number of benzene rings is 3. The Morgan fingerprint density at radius 2 is 1.71 bits per heavy atom. The van der Waals surface area contributed by atoms with Crippen molar-refractivity contribution < 1.29 is 9.13 Å². The quantitative estimate of drug-likeness (QED) is 0.338. The summed E-state index contributed by atoms with van der Waals surface area (Å²) < 4.78 is 19.2. The Morgan fingerprint density at radius 1 is 1.03 bits per heavy atom. The average Bonchev–Trinajstić information content (AvgIpc) is 2.88. The first-order valence-electron chi connectivity index (χ1n) is 12.3. The molecule has 4 rings (SSSR count). The van der Waals surface area contributed by atoms with Crippen LogP contribution in [0.25, 0.3) is 0 Å². The van der Waals surface area contributed by atoms with Gasteiger partial charge in [-0.1, -0.05) is 54.6 Å². The van der Waals surface area contributed by atoms with Crippen LogP contribution in [0.5, 0.6) is 5.75 Å². The Morgan fingerprint density at radius 3 is 2.40 bits per heavy atom. The van der Waals surface area contributed by atoms with Crippen molar-refractivity contribution in [3.63, 3.8) is 0 Å². The van der Waals surface area contributed by atoms with Gasteiger partial charge in [-0.2, -0.15) is 0 Å². The summed E-state index contributed by atoms with van der Waals surface area (Å²) in [6.45, 7) is 5.99. The number of halogens is 1. The fraction of sp³-hybridized carbons (Fsp3) is 0.345. The number of nitrogens with one attached hydrogen (secondary N) is 1. The summed E-state index contributed by atoms with van der Waals surface area (Å²) in [5.41, 5.74) is 9.96. The lowest BCUT2D eigenvalue weighted by molar-refractivity contribution is 0.212. The molecule has 5 nitrogen and oxygen atoms in total. The third-order valence-corrected chi connectivity index (χ3v) is 6.30. The maximum Gasteiger partial charge on any atom is 0.192 e. The molecular formula is C29H35FN4O. The second kappa shape index (κ2) is 11.8. The predicted octanol–water partition coefficient (Wildman–Crippen LogP) is 5.42. The van der Waals surface area contributed by atoms with Gasteiger partial charge in [0.1, 0.15) is 11.6 Å². The lowest BCUT2D eigenvalue weighted by Crippen LogP contribution is -2.49. The molecule has 0 amide bonds. The van der Waals surface area contributed by atoms with Crippen molar-refractivity contribution in [2.45, 2.75) is 58.0 Å². The zero-order chi connectivity index (χ0) is 24.6. The molecule has 0 aliphatic carbocycles. The van der Waals surface area contributed by atoms with Crippen molar-refractivity contribution in [1.29, 1.82) is 0 Å². The summed E-state index contributed by atoms with van der Waals surface area (Å²) in [7, 11) is 0. The van der Waals surface area contributed by atoms with Gasteiger partial charge in [0, 0.05) is 18.6 Å². The number of nitrogens with zero attached hydrogens (tertiary/aromatic N) is 2. The van der Waals surface area contributed by atoms with Crippen LogP contribution < -0.4 is 15.8 Å². The Hall–Kier alpha value is -3.38. The van der Waals surface area contributed by atoms with Gasteiger partial charge in [-0.15, -0.1) is 0 Å². The minimum Gasteiger partial charge on any atom is -0.491 e. The van der Waals surface area contributed by atoms with Gasteiger partial charge < -0.3 is 20.7 Å². The summed E-state index contributed by atoms with van der Waals surface area (Å²) in [6, 6.07) is 25.6. The first-order valence-corrected chi connectivity index (χ1v) is 12.3. The molecule has 1 aliphatic rings. The molecule has 0 radical (unpaired) electrons. The maximum atomic E-state index is 13.5. The summed E-state index contributed by atoms with van der Waals surface area (Å²) in [6.07, 6.45) is 2.02. The number of piperidine rings is 1. The number of hydrogen-bond donors (Lipinski definition) is 2. The van der Waals surface area contributed by atoms with Crippen molar-refractivity contribution >= 4 is 5.96 Å². The van der Waals surface area contributed by atoms with Crippen LogP contribution in [-0.4, -0.2) is 29.6 Å². The largest absolute Gasteiger partial charge is 0.491 e. The van der Waals surface area contributed by atoms with Gasteiger partial charge in [0.25, 0.3) is 0 Å². The van der Waals surface area contributed by atoms with E-state index in [-0.39, 0.29) is 24.0 Å². The number of rotatable bonds is 8. The maximum absolute atomic E-state index is 13.5. The fourth-order valence-corrected chi connectivity index (χ4v) is 4.51. The summed E-state index contributed by atoms with van der Waals surface area (Å²) in [5.74, 6) is 1.12. The molecule has 1 aliphatic heterocycles. The molecule has 3 aromatic carbocycles. The molecule has 2 atom stereocenters. The number of nitrogens with two attached hydrogens (primary N) is 1. The second-order valence-electron chi connectivity index (χ2n) is 9.33. The SMILES string of the molecule is CC(C)Oc1ccc(CN=C(N)N(Cc2ccc(F)cc2)[C@H]2CCN[C@@H](c3ccccc3)C2)cc1. The molecule has 1 heterocycles. The van der Waals surface area contributed by atoms with E-state index in [4.69, 9.17) is 15.5 Å². The van der Waals surface area contributed by atoms with Gasteiger partial charge in [0.05, 0.1) is 12.6 Å². The first kappa shape index (κ1) is 24.7. The number of aliphatic imine (C=N–C) groups is 1. The molecule has 0 bridgehead atoms. The van der Waals surface area contributed by atoms with Crippen LogP contribution in [0.4, 0.5) is 4.39 Å². The summed E-state index contributed by atoms with van der Waals surface area (Å²) in [4.78, 5) is 6.94. The van der Waals surface area contributed by atoms with E-state index in [0.717, 1.165) is 36.3 Å². The van der Waals surface area contributed by atoms with Gasteiger partial charge >= 0.3 is 0 Å². The lowest BCUT2D eigenvalue weighted by Gasteiger charge is -2.39. The van der Waals surface area contributed by atoms with E-state index >= 15 is 0 Å². The van der Waals surface area contributed by atoms with Crippen molar-refractivity contribution in [3.05, 3.63) is 101 Å². The molecule has 6 heteroatoms. The van der Waals surface area contributed by atoms with Crippen molar-refractivity contribution in [3.8, 4) is 5.75 Å².